The Labute approximate surface area is 118 Å². The lowest BCUT2D eigenvalue weighted by Gasteiger charge is -2.14. The van der Waals surface area contributed by atoms with Gasteiger partial charge in [0.2, 0.25) is 10.0 Å². The first-order chi connectivity index (χ1) is 8.92. The van der Waals surface area contributed by atoms with E-state index in [1.807, 2.05) is 13.0 Å². The number of benzene rings is 1. The molecule has 1 aromatic carbocycles. The monoisotopic (exact) mass is 298 g/mol. The van der Waals surface area contributed by atoms with Gasteiger partial charge in [-0.1, -0.05) is 24.4 Å². The van der Waals surface area contributed by atoms with Crippen LogP contribution in [0.1, 0.15) is 31.7 Å². The molecule has 6 heteroatoms. The topological polar surface area (TPSA) is 70.0 Å². The zero-order chi connectivity index (χ0) is 14.0. The van der Waals surface area contributed by atoms with Gasteiger partial charge in [0.25, 0.3) is 0 Å². The van der Waals surface area contributed by atoms with Crippen molar-refractivity contribution in [2.45, 2.75) is 37.1 Å². The van der Waals surface area contributed by atoms with Gasteiger partial charge in [0, 0.05) is 6.04 Å². The van der Waals surface area contributed by atoms with Crippen molar-refractivity contribution in [1.29, 1.82) is 5.26 Å². The Hall–Kier alpha value is -1.09. The molecule has 102 valence electrons. The van der Waals surface area contributed by atoms with Crippen molar-refractivity contribution in [3.8, 4) is 6.07 Å². The van der Waals surface area contributed by atoms with Crippen LogP contribution < -0.4 is 4.72 Å². The third-order valence-electron chi connectivity index (χ3n) is 3.09. The molecule has 4 nitrogen and oxygen atoms in total. The maximum absolute atomic E-state index is 12.2. The Morgan fingerprint density at radius 1 is 1.53 bits per heavy atom. The van der Waals surface area contributed by atoms with E-state index in [0.717, 1.165) is 6.42 Å². The molecule has 0 heterocycles. The molecule has 1 saturated carbocycles. The molecule has 0 spiro atoms. The van der Waals surface area contributed by atoms with Gasteiger partial charge < -0.3 is 0 Å². The van der Waals surface area contributed by atoms with Crippen molar-refractivity contribution in [1.82, 2.24) is 4.72 Å². The first-order valence-electron chi connectivity index (χ1n) is 6.14. The van der Waals surface area contributed by atoms with Crippen LogP contribution in [-0.2, 0) is 10.0 Å². The highest BCUT2D eigenvalue weighted by Crippen LogP contribution is 2.33. The van der Waals surface area contributed by atoms with Crippen LogP contribution in [0.2, 0.25) is 5.02 Å². The van der Waals surface area contributed by atoms with E-state index < -0.39 is 10.0 Å². The Kier molecular flexibility index (Phi) is 4.14. The first-order valence-corrected chi connectivity index (χ1v) is 8.00. The van der Waals surface area contributed by atoms with Gasteiger partial charge in [0.05, 0.1) is 16.7 Å². The summed E-state index contributed by atoms with van der Waals surface area (Å²) in [4.78, 5) is -0.0316. The van der Waals surface area contributed by atoms with Crippen LogP contribution in [0.4, 0.5) is 0 Å². The Balaban J connectivity index is 2.20. The Morgan fingerprint density at radius 2 is 2.21 bits per heavy atom. The normalized spacial score (nSPS) is 16.9. The fourth-order valence-corrected chi connectivity index (χ4v) is 3.79. The summed E-state index contributed by atoms with van der Waals surface area (Å²) in [5.74, 6) is 0.638. The molecule has 0 amide bonds. The summed E-state index contributed by atoms with van der Waals surface area (Å²) >= 11 is 5.91. The molecule has 1 atom stereocenters. The van der Waals surface area contributed by atoms with E-state index in [9.17, 15) is 8.42 Å². The second-order valence-corrected chi connectivity index (χ2v) is 7.05. The number of nitriles is 1. The predicted molar refractivity (Wildman–Crippen MR) is 73.3 cm³/mol. The number of rotatable bonds is 5. The van der Waals surface area contributed by atoms with Gasteiger partial charge in [0.15, 0.2) is 0 Å². The lowest BCUT2D eigenvalue weighted by atomic mass is 10.2. The lowest BCUT2D eigenvalue weighted by molar-refractivity contribution is 0.530. The van der Waals surface area contributed by atoms with E-state index in [1.165, 1.54) is 31.0 Å². The predicted octanol–water partition coefficient (Wildman–Crippen LogP) is 2.68. The summed E-state index contributed by atoms with van der Waals surface area (Å²) in [6.45, 7) is 1.85. The summed E-state index contributed by atoms with van der Waals surface area (Å²) in [5.41, 5.74) is 0.277. The van der Waals surface area contributed by atoms with E-state index >= 15 is 0 Å². The zero-order valence-corrected chi connectivity index (χ0v) is 12.1. The van der Waals surface area contributed by atoms with Gasteiger partial charge in [-0.15, -0.1) is 0 Å². The van der Waals surface area contributed by atoms with E-state index in [1.54, 1.807) is 0 Å². The first kappa shape index (κ1) is 14.3. The van der Waals surface area contributed by atoms with E-state index in [2.05, 4.69) is 4.72 Å². The van der Waals surface area contributed by atoms with Crippen molar-refractivity contribution in [3.63, 3.8) is 0 Å². The highest BCUT2D eigenvalue weighted by Gasteiger charge is 2.27. The molecular formula is C13H15ClN2O2S. The minimum Gasteiger partial charge on any atom is -0.208 e. The molecule has 0 aliphatic heterocycles. The molecule has 0 saturated heterocycles. The average Bonchev–Trinajstić information content (AvgIpc) is 3.12. The fraction of sp³-hybridized carbons (Fsp3) is 0.462. The standard InChI is InChI=1S/C13H15ClN2O2S/c1-9(6-10-2-3-10)16-19(17,18)13-7-11(8-15)4-5-12(13)14/h4-5,7,9-10,16H,2-3,6H2,1H3. The quantitative estimate of drug-likeness (QED) is 0.908. The van der Waals surface area contributed by atoms with Gasteiger partial charge in [-0.2, -0.15) is 5.26 Å². The third kappa shape index (κ3) is 3.69. The minimum atomic E-state index is -3.67. The maximum Gasteiger partial charge on any atom is 0.242 e. The second-order valence-electron chi connectivity index (χ2n) is 4.96. The van der Waals surface area contributed by atoms with Gasteiger partial charge in [0.1, 0.15) is 4.90 Å². The molecule has 19 heavy (non-hydrogen) atoms. The van der Waals surface area contributed by atoms with Crippen molar-refractivity contribution in [2.24, 2.45) is 5.92 Å². The number of nitrogens with one attached hydrogen (secondary N) is 1. The van der Waals surface area contributed by atoms with Crippen molar-refractivity contribution in [3.05, 3.63) is 28.8 Å². The molecule has 1 fully saturated rings. The Bertz CT molecular complexity index is 618. The molecule has 2 rings (SSSR count). The molecule has 1 aromatic rings. The summed E-state index contributed by atoms with van der Waals surface area (Å²) < 4.78 is 27.1. The van der Waals surface area contributed by atoms with E-state index in [4.69, 9.17) is 16.9 Å². The number of halogens is 1. The van der Waals surface area contributed by atoms with Crippen LogP contribution in [-0.4, -0.2) is 14.5 Å². The fourth-order valence-electron chi connectivity index (χ4n) is 2.01. The number of hydrogen-bond donors (Lipinski definition) is 1. The molecule has 0 radical (unpaired) electrons. The summed E-state index contributed by atoms with van der Waals surface area (Å²) in [7, 11) is -3.67. The smallest absolute Gasteiger partial charge is 0.208 e. The number of hydrogen-bond acceptors (Lipinski definition) is 3. The van der Waals surface area contributed by atoms with Crippen LogP contribution in [0, 0.1) is 17.2 Å². The second kappa shape index (κ2) is 5.49. The lowest BCUT2D eigenvalue weighted by Crippen LogP contribution is -2.33. The van der Waals surface area contributed by atoms with Gasteiger partial charge in [-0.05, 0) is 37.5 Å². The van der Waals surface area contributed by atoms with Crippen LogP contribution in [0.5, 0.6) is 0 Å². The molecule has 1 aliphatic carbocycles. The van der Waals surface area contributed by atoms with Crippen LogP contribution >= 0.6 is 11.6 Å². The highest BCUT2D eigenvalue weighted by atomic mass is 35.5. The number of nitrogens with zero attached hydrogens (tertiary/aromatic N) is 1. The van der Waals surface area contributed by atoms with Gasteiger partial charge in [-0.3, -0.25) is 0 Å². The van der Waals surface area contributed by atoms with Crippen LogP contribution in [0.3, 0.4) is 0 Å². The van der Waals surface area contributed by atoms with Gasteiger partial charge in [-0.25, -0.2) is 13.1 Å². The molecule has 1 unspecified atom stereocenters. The van der Waals surface area contributed by atoms with E-state index in [-0.39, 0.29) is 21.5 Å². The summed E-state index contributed by atoms with van der Waals surface area (Å²) in [6, 6.07) is 6.01. The maximum atomic E-state index is 12.2. The third-order valence-corrected chi connectivity index (χ3v) is 5.16. The SMILES string of the molecule is CC(CC1CC1)NS(=O)(=O)c1cc(C#N)ccc1Cl. The molecular weight excluding hydrogens is 284 g/mol. The summed E-state index contributed by atoms with van der Waals surface area (Å²) in [6.07, 6.45) is 3.20. The highest BCUT2D eigenvalue weighted by molar-refractivity contribution is 7.89. The van der Waals surface area contributed by atoms with Gasteiger partial charge >= 0.3 is 0 Å². The molecule has 0 bridgehead atoms. The molecule has 1 N–H and O–H groups in total. The van der Waals surface area contributed by atoms with Crippen molar-refractivity contribution in [2.75, 3.05) is 0 Å². The average molecular weight is 299 g/mol. The van der Waals surface area contributed by atoms with Crippen molar-refractivity contribution < 1.29 is 8.42 Å². The minimum absolute atomic E-state index is 0.0316. The van der Waals surface area contributed by atoms with Crippen molar-refractivity contribution >= 4 is 21.6 Å². The number of sulfonamides is 1. The molecule has 0 aromatic heterocycles. The molecule has 1 aliphatic rings. The summed E-state index contributed by atoms with van der Waals surface area (Å²) in [5, 5.41) is 8.95. The largest absolute Gasteiger partial charge is 0.242 e. The Morgan fingerprint density at radius 3 is 2.79 bits per heavy atom. The van der Waals surface area contributed by atoms with Crippen LogP contribution in [0.15, 0.2) is 23.1 Å². The van der Waals surface area contributed by atoms with E-state index in [0.29, 0.717) is 5.92 Å². The van der Waals surface area contributed by atoms with Crippen LogP contribution in [0.25, 0.3) is 0 Å². The zero-order valence-electron chi connectivity index (χ0n) is 10.6.